The fourth-order valence-corrected chi connectivity index (χ4v) is 5.34. The predicted molar refractivity (Wildman–Crippen MR) is 165 cm³/mol. The Kier molecular flexibility index (Phi) is 2.72. The molecular formula is C38H24O. The summed E-state index contributed by atoms with van der Waals surface area (Å²) in [6.45, 7) is 0. The third kappa shape index (κ3) is 3.41. The van der Waals surface area contributed by atoms with Crippen molar-refractivity contribution in [2.75, 3.05) is 0 Å². The Morgan fingerprint density at radius 3 is 1.54 bits per heavy atom. The number of hydrogen-bond donors (Lipinski definition) is 0. The lowest BCUT2D eigenvalue weighted by atomic mass is 9.85. The maximum absolute atomic E-state index is 8.90. The van der Waals surface area contributed by atoms with Crippen molar-refractivity contribution < 1.29 is 23.6 Å². The van der Waals surface area contributed by atoms with E-state index in [-0.39, 0.29) is 75.8 Å². The summed E-state index contributed by atoms with van der Waals surface area (Å²) in [6.07, 6.45) is 0. The molecule has 0 aliphatic heterocycles. The van der Waals surface area contributed by atoms with Gasteiger partial charge in [0.2, 0.25) is 0 Å². The summed E-state index contributed by atoms with van der Waals surface area (Å²) < 4.78 is 124. The van der Waals surface area contributed by atoms with Gasteiger partial charge >= 0.3 is 0 Å². The molecule has 8 rings (SSSR count). The lowest BCUT2D eigenvalue weighted by molar-refractivity contribution is 0.669. The highest BCUT2D eigenvalue weighted by atomic mass is 16.3. The average Bonchev–Trinajstić information content (AvgIpc) is 3.52. The molecule has 0 spiro atoms. The molecule has 0 aliphatic rings. The van der Waals surface area contributed by atoms with Gasteiger partial charge in [-0.05, 0) is 67.0 Å². The second-order valence-corrected chi connectivity index (χ2v) is 9.05. The molecule has 0 aliphatic carbocycles. The molecule has 1 heterocycles. The minimum absolute atomic E-state index is 0.00637. The molecule has 0 atom stereocenters. The van der Waals surface area contributed by atoms with Gasteiger partial charge in [0.25, 0.3) is 0 Å². The van der Waals surface area contributed by atoms with Crippen LogP contribution < -0.4 is 0 Å². The SMILES string of the molecule is [2H]c1cc2c(-c3ccc(-c4c([2H])c([2H])c([2H])c5oc6c([2H])c([2H])c([2H])c([2H])c6c45)cc3)c3cc([2H])c([2H])cc3c(-c3cc([2H])c([2H])c([2H])c3)c2cc1[2H]. The number of benzene rings is 7. The minimum atomic E-state index is -0.517. The van der Waals surface area contributed by atoms with Crippen molar-refractivity contribution >= 4 is 43.5 Å². The van der Waals surface area contributed by atoms with Gasteiger partial charge in [0.1, 0.15) is 11.2 Å². The van der Waals surface area contributed by atoms with E-state index in [1.54, 1.807) is 24.3 Å². The molecule has 0 amide bonds. The summed E-state index contributed by atoms with van der Waals surface area (Å²) in [5.41, 5.74) is 2.22. The van der Waals surface area contributed by atoms with E-state index in [4.69, 9.17) is 23.6 Å². The summed E-state index contributed by atoms with van der Waals surface area (Å²) in [5, 5.41) is 2.11. The summed E-state index contributed by atoms with van der Waals surface area (Å²) in [5.74, 6) is 0. The van der Waals surface area contributed by atoms with Crippen LogP contribution in [-0.4, -0.2) is 0 Å². The largest absolute Gasteiger partial charge is 0.456 e. The highest BCUT2D eigenvalue weighted by Gasteiger charge is 2.17. The Bertz CT molecular complexity index is 2840. The van der Waals surface area contributed by atoms with E-state index in [2.05, 4.69) is 0 Å². The zero-order valence-corrected chi connectivity index (χ0v) is 20.2. The molecule has 1 heteroatoms. The normalized spacial score (nSPS) is 16.6. The molecule has 0 saturated heterocycles. The van der Waals surface area contributed by atoms with Crippen molar-refractivity contribution in [2.45, 2.75) is 0 Å². The van der Waals surface area contributed by atoms with Crippen molar-refractivity contribution in [1.82, 2.24) is 0 Å². The van der Waals surface area contributed by atoms with Crippen molar-refractivity contribution in [1.29, 1.82) is 0 Å². The molecule has 0 N–H and O–H groups in total. The molecule has 0 bridgehead atoms. The first-order valence-electron chi connectivity index (χ1n) is 19.2. The van der Waals surface area contributed by atoms with E-state index in [1.807, 2.05) is 0 Å². The van der Waals surface area contributed by atoms with E-state index in [1.165, 1.54) is 36.4 Å². The number of fused-ring (bicyclic) bond motifs is 5. The van der Waals surface area contributed by atoms with E-state index >= 15 is 0 Å². The van der Waals surface area contributed by atoms with E-state index in [0.29, 0.717) is 49.4 Å². The predicted octanol–water partition coefficient (Wildman–Crippen LogP) is 10.9. The zero-order chi connectivity index (χ0) is 37.9. The van der Waals surface area contributed by atoms with Crippen LogP contribution in [-0.2, 0) is 0 Å². The summed E-state index contributed by atoms with van der Waals surface area (Å²) in [6, 6.07) is 11.7. The van der Waals surface area contributed by atoms with Gasteiger partial charge in [-0.2, -0.15) is 0 Å². The number of hydrogen-bond acceptors (Lipinski definition) is 1. The molecule has 0 saturated carbocycles. The molecule has 39 heavy (non-hydrogen) atoms. The molecule has 1 aromatic heterocycles. The maximum atomic E-state index is 8.90. The summed E-state index contributed by atoms with van der Waals surface area (Å²) in [4.78, 5) is 0. The van der Waals surface area contributed by atoms with Crippen molar-refractivity contribution in [2.24, 2.45) is 0 Å². The van der Waals surface area contributed by atoms with Crippen LogP contribution in [0.15, 0.2) is 150 Å². The van der Waals surface area contributed by atoms with E-state index < -0.39 is 36.3 Å². The topological polar surface area (TPSA) is 13.1 Å². The second kappa shape index (κ2) is 8.72. The third-order valence-corrected chi connectivity index (χ3v) is 6.99. The molecule has 182 valence electrons. The van der Waals surface area contributed by atoms with Crippen molar-refractivity contribution in [3.63, 3.8) is 0 Å². The average molecular weight is 511 g/mol. The fraction of sp³-hybridized carbons (Fsp3) is 0. The Morgan fingerprint density at radius 1 is 0.385 bits per heavy atom. The van der Waals surface area contributed by atoms with E-state index in [0.717, 1.165) is 0 Å². The molecule has 8 aromatic rings. The van der Waals surface area contributed by atoms with Crippen LogP contribution in [0, 0.1) is 0 Å². The molecule has 0 unspecified atom stereocenters. The Labute approximate surface area is 246 Å². The van der Waals surface area contributed by atoms with Crippen LogP contribution in [0.4, 0.5) is 0 Å². The van der Waals surface area contributed by atoms with Gasteiger partial charge in [-0.1, -0.05) is 133 Å². The van der Waals surface area contributed by atoms with Gasteiger partial charge in [0.15, 0.2) is 0 Å². The zero-order valence-electron chi connectivity index (χ0n) is 34.2. The first-order chi connectivity index (χ1) is 25.1. The Hall–Kier alpha value is -5.14. The second-order valence-electron chi connectivity index (χ2n) is 9.05. The molecule has 0 fully saturated rings. The monoisotopic (exact) mass is 510 g/mol. The maximum Gasteiger partial charge on any atom is 0.136 e. The Morgan fingerprint density at radius 2 is 0.897 bits per heavy atom. The van der Waals surface area contributed by atoms with Crippen LogP contribution in [0.2, 0.25) is 0 Å². The summed E-state index contributed by atoms with van der Waals surface area (Å²) in [7, 11) is 0. The molecule has 0 radical (unpaired) electrons. The number of furan rings is 1. The van der Waals surface area contributed by atoms with Gasteiger partial charge in [-0.25, -0.2) is 0 Å². The first-order valence-corrected chi connectivity index (χ1v) is 12.2. The van der Waals surface area contributed by atoms with E-state index in [9.17, 15) is 0 Å². The highest BCUT2D eigenvalue weighted by molar-refractivity contribution is 6.21. The Balaban J connectivity index is 1.45. The van der Waals surface area contributed by atoms with Gasteiger partial charge in [-0.15, -0.1) is 0 Å². The van der Waals surface area contributed by atoms with Gasteiger partial charge in [0, 0.05) is 10.8 Å². The van der Waals surface area contributed by atoms with Gasteiger partial charge in [0.05, 0.1) is 19.2 Å². The van der Waals surface area contributed by atoms with Gasteiger partial charge in [-0.3, -0.25) is 0 Å². The first kappa shape index (κ1) is 12.1. The molecule has 7 aromatic carbocycles. The summed E-state index contributed by atoms with van der Waals surface area (Å²) >= 11 is 0. The molecular weight excluding hydrogens is 472 g/mol. The lowest BCUT2D eigenvalue weighted by Crippen LogP contribution is -1.90. The number of rotatable bonds is 3. The van der Waals surface area contributed by atoms with Crippen molar-refractivity contribution in [3.05, 3.63) is 145 Å². The van der Waals surface area contributed by atoms with Crippen molar-refractivity contribution in [3.8, 4) is 33.4 Å². The van der Waals surface area contributed by atoms with Crippen LogP contribution >= 0.6 is 0 Å². The fourth-order valence-electron chi connectivity index (χ4n) is 5.34. The highest BCUT2D eigenvalue weighted by Crippen LogP contribution is 2.44. The lowest BCUT2D eigenvalue weighted by Gasteiger charge is -2.18. The van der Waals surface area contributed by atoms with Crippen LogP contribution in [0.5, 0.6) is 0 Å². The third-order valence-electron chi connectivity index (χ3n) is 6.99. The van der Waals surface area contributed by atoms with Crippen LogP contribution in [0.3, 0.4) is 0 Å². The van der Waals surface area contributed by atoms with Gasteiger partial charge < -0.3 is 4.42 Å². The quantitative estimate of drug-likeness (QED) is 0.215. The molecule has 1 nitrogen and oxygen atoms in total. The van der Waals surface area contributed by atoms with Crippen LogP contribution in [0.1, 0.15) is 19.2 Å². The minimum Gasteiger partial charge on any atom is -0.456 e. The smallest absolute Gasteiger partial charge is 0.136 e. The standard InChI is InChI=1S/C38H24O/c1-2-11-26(12-3-1)36-29-13-4-6-15-31(29)37(32-16-7-5-14-30(32)36)27-23-21-25(22-24-27)28-18-10-20-35-38(28)33-17-8-9-19-34(33)39-35/h1-24H/i1D,2D,3D,4D,5D,6D,7D,8D,9D,10D,17D,18D,19D,20D. The number of para-hydroxylation sites is 1. The van der Waals surface area contributed by atoms with Crippen LogP contribution in [0.25, 0.3) is 76.9 Å².